The first-order valence-corrected chi connectivity index (χ1v) is 5.68. The van der Waals surface area contributed by atoms with Crippen LogP contribution in [0.4, 0.5) is 0 Å². The zero-order valence-corrected chi connectivity index (χ0v) is 9.30. The molecule has 4 nitrogen and oxygen atoms in total. The van der Waals surface area contributed by atoms with E-state index in [2.05, 4.69) is 9.97 Å². The van der Waals surface area contributed by atoms with Crippen LogP contribution in [-0.2, 0) is 0 Å². The van der Waals surface area contributed by atoms with Crippen molar-refractivity contribution < 1.29 is 4.74 Å². The van der Waals surface area contributed by atoms with Gasteiger partial charge in [0.15, 0.2) is 5.16 Å². The van der Waals surface area contributed by atoms with E-state index < -0.39 is 0 Å². The Morgan fingerprint density at radius 2 is 2.40 bits per heavy atom. The Labute approximate surface area is 92.2 Å². The number of H-pyrrole nitrogens is 1. The van der Waals surface area contributed by atoms with Gasteiger partial charge in [-0.25, -0.2) is 4.98 Å². The lowest BCUT2D eigenvalue weighted by molar-refractivity contribution is 0.415. The third-order valence-corrected chi connectivity index (χ3v) is 2.93. The first-order chi connectivity index (χ1) is 7.33. The summed E-state index contributed by atoms with van der Waals surface area (Å²) in [5, 5.41) is 0.906. The number of benzene rings is 1. The summed E-state index contributed by atoms with van der Waals surface area (Å²) in [5.41, 5.74) is 7.38. The maximum absolute atomic E-state index is 5.43. The molecule has 0 bridgehead atoms. The zero-order valence-electron chi connectivity index (χ0n) is 8.49. The van der Waals surface area contributed by atoms with Gasteiger partial charge in [-0.05, 0) is 12.1 Å². The summed E-state index contributed by atoms with van der Waals surface area (Å²) in [4.78, 5) is 7.64. The van der Waals surface area contributed by atoms with Crippen molar-refractivity contribution in [2.45, 2.75) is 5.16 Å². The molecular weight excluding hydrogens is 210 g/mol. The Morgan fingerprint density at radius 3 is 3.13 bits per heavy atom. The predicted molar refractivity (Wildman–Crippen MR) is 62.4 cm³/mol. The van der Waals surface area contributed by atoms with Crippen molar-refractivity contribution >= 4 is 22.8 Å². The van der Waals surface area contributed by atoms with Crippen molar-refractivity contribution in [2.75, 3.05) is 19.4 Å². The van der Waals surface area contributed by atoms with Crippen LogP contribution in [0.25, 0.3) is 11.0 Å². The molecule has 1 heterocycles. The van der Waals surface area contributed by atoms with Gasteiger partial charge in [0.05, 0.1) is 18.1 Å². The highest BCUT2D eigenvalue weighted by molar-refractivity contribution is 7.99. The highest BCUT2D eigenvalue weighted by Crippen LogP contribution is 2.22. The molecule has 0 unspecified atom stereocenters. The number of fused-ring (bicyclic) bond motifs is 1. The number of thioether (sulfide) groups is 1. The predicted octanol–water partition coefficient (Wildman–Crippen LogP) is 1.62. The highest BCUT2D eigenvalue weighted by Gasteiger charge is 2.03. The lowest BCUT2D eigenvalue weighted by atomic mass is 10.3. The average Bonchev–Trinajstić information content (AvgIpc) is 2.67. The van der Waals surface area contributed by atoms with E-state index in [1.165, 1.54) is 0 Å². The molecule has 0 saturated carbocycles. The SMILES string of the molecule is COc1ccc2nc(SCCN)[nH]c2c1. The lowest BCUT2D eigenvalue weighted by Crippen LogP contribution is -2.01. The molecule has 0 spiro atoms. The maximum atomic E-state index is 5.43. The fraction of sp³-hybridized carbons (Fsp3) is 0.300. The number of hydrogen-bond donors (Lipinski definition) is 2. The van der Waals surface area contributed by atoms with Gasteiger partial charge in [-0.3, -0.25) is 0 Å². The number of methoxy groups -OCH3 is 1. The van der Waals surface area contributed by atoms with Crippen molar-refractivity contribution in [2.24, 2.45) is 5.73 Å². The summed E-state index contributed by atoms with van der Waals surface area (Å²) >= 11 is 1.63. The molecule has 0 amide bonds. The number of aromatic nitrogens is 2. The van der Waals surface area contributed by atoms with Crippen LogP contribution in [0.15, 0.2) is 23.4 Å². The highest BCUT2D eigenvalue weighted by atomic mass is 32.2. The summed E-state index contributed by atoms with van der Waals surface area (Å²) in [7, 11) is 1.65. The maximum Gasteiger partial charge on any atom is 0.166 e. The molecule has 0 aliphatic rings. The first kappa shape index (κ1) is 10.3. The van der Waals surface area contributed by atoms with Gasteiger partial charge in [-0.15, -0.1) is 0 Å². The number of nitrogens with two attached hydrogens (primary N) is 1. The number of aromatic amines is 1. The number of nitrogens with one attached hydrogen (secondary N) is 1. The minimum Gasteiger partial charge on any atom is -0.497 e. The Bertz CT molecular complexity index is 455. The topological polar surface area (TPSA) is 63.9 Å². The minimum atomic E-state index is 0.658. The van der Waals surface area contributed by atoms with Crippen molar-refractivity contribution in [1.82, 2.24) is 9.97 Å². The molecule has 0 saturated heterocycles. The van der Waals surface area contributed by atoms with E-state index in [9.17, 15) is 0 Å². The second kappa shape index (κ2) is 4.55. The average molecular weight is 223 g/mol. The number of nitrogens with zero attached hydrogens (tertiary/aromatic N) is 1. The second-order valence-corrected chi connectivity index (χ2v) is 4.15. The van der Waals surface area contributed by atoms with Crippen LogP contribution in [-0.4, -0.2) is 29.4 Å². The van der Waals surface area contributed by atoms with Crippen LogP contribution >= 0.6 is 11.8 Å². The van der Waals surface area contributed by atoms with Crippen LogP contribution in [0.5, 0.6) is 5.75 Å². The van der Waals surface area contributed by atoms with Crippen LogP contribution in [0, 0.1) is 0 Å². The van der Waals surface area contributed by atoms with Gasteiger partial charge < -0.3 is 15.5 Å². The molecule has 2 aromatic rings. The van der Waals surface area contributed by atoms with Crippen LogP contribution in [0.1, 0.15) is 0 Å². The molecular formula is C10H13N3OS. The molecule has 0 aliphatic carbocycles. The Kier molecular flexibility index (Phi) is 3.13. The molecule has 2 rings (SSSR count). The van der Waals surface area contributed by atoms with E-state index in [4.69, 9.17) is 10.5 Å². The molecule has 5 heteroatoms. The van der Waals surface area contributed by atoms with E-state index in [0.717, 1.165) is 27.7 Å². The molecule has 0 radical (unpaired) electrons. The Morgan fingerprint density at radius 1 is 1.53 bits per heavy atom. The summed E-state index contributed by atoms with van der Waals surface area (Å²) < 4.78 is 5.14. The van der Waals surface area contributed by atoms with Gasteiger partial charge in [0.25, 0.3) is 0 Å². The van der Waals surface area contributed by atoms with E-state index in [-0.39, 0.29) is 0 Å². The lowest BCUT2D eigenvalue weighted by Gasteiger charge is -1.96. The molecule has 80 valence electrons. The first-order valence-electron chi connectivity index (χ1n) is 4.70. The summed E-state index contributed by atoms with van der Waals surface area (Å²) in [6, 6.07) is 5.78. The van der Waals surface area contributed by atoms with Gasteiger partial charge in [0.1, 0.15) is 5.75 Å². The second-order valence-electron chi connectivity index (χ2n) is 3.06. The smallest absolute Gasteiger partial charge is 0.166 e. The van der Waals surface area contributed by atoms with Crippen molar-refractivity contribution in [1.29, 1.82) is 0 Å². The largest absolute Gasteiger partial charge is 0.497 e. The quantitative estimate of drug-likeness (QED) is 0.773. The summed E-state index contributed by atoms with van der Waals surface area (Å²) in [5.74, 6) is 1.71. The Hall–Kier alpha value is -1.20. The van der Waals surface area contributed by atoms with E-state index in [1.807, 2.05) is 18.2 Å². The molecule has 1 aromatic carbocycles. The van der Waals surface area contributed by atoms with E-state index in [0.29, 0.717) is 6.54 Å². The van der Waals surface area contributed by atoms with Crippen LogP contribution in [0.3, 0.4) is 0 Å². The van der Waals surface area contributed by atoms with Crippen molar-refractivity contribution in [3.05, 3.63) is 18.2 Å². The summed E-state index contributed by atoms with van der Waals surface area (Å²) in [6.07, 6.45) is 0. The molecule has 3 N–H and O–H groups in total. The van der Waals surface area contributed by atoms with Gasteiger partial charge in [0.2, 0.25) is 0 Å². The zero-order chi connectivity index (χ0) is 10.7. The number of ether oxygens (including phenoxy) is 1. The molecule has 15 heavy (non-hydrogen) atoms. The fourth-order valence-electron chi connectivity index (χ4n) is 1.32. The van der Waals surface area contributed by atoms with E-state index >= 15 is 0 Å². The van der Waals surface area contributed by atoms with Gasteiger partial charge in [-0.2, -0.15) is 0 Å². The van der Waals surface area contributed by atoms with Gasteiger partial charge in [0, 0.05) is 18.4 Å². The third kappa shape index (κ3) is 2.24. The minimum absolute atomic E-state index is 0.658. The van der Waals surface area contributed by atoms with E-state index in [1.54, 1.807) is 18.9 Å². The van der Waals surface area contributed by atoms with Crippen molar-refractivity contribution in [3.8, 4) is 5.75 Å². The van der Waals surface area contributed by atoms with Crippen LogP contribution < -0.4 is 10.5 Å². The molecule has 0 atom stereocenters. The monoisotopic (exact) mass is 223 g/mol. The number of imidazole rings is 1. The van der Waals surface area contributed by atoms with Crippen molar-refractivity contribution in [3.63, 3.8) is 0 Å². The molecule has 1 aromatic heterocycles. The third-order valence-electron chi connectivity index (χ3n) is 2.02. The number of rotatable bonds is 4. The molecule has 0 fully saturated rings. The normalized spacial score (nSPS) is 10.8. The van der Waals surface area contributed by atoms with Gasteiger partial charge in [-0.1, -0.05) is 11.8 Å². The van der Waals surface area contributed by atoms with Crippen LogP contribution in [0.2, 0.25) is 0 Å². The number of hydrogen-bond acceptors (Lipinski definition) is 4. The standard InChI is InChI=1S/C10H13N3OS/c1-14-7-2-3-8-9(6-7)13-10(12-8)15-5-4-11/h2-3,6H,4-5,11H2,1H3,(H,12,13). The van der Waals surface area contributed by atoms with Gasteiger partial charge >= 0.3 is 0 Å². The summed E-state index contributed by atoms with van der Waals surface area (Å²) in [6.45, 7) is 0.658. The molecule has 0 aliphatic heterocycles. The Balaban J connectivity index is 2.29. The fourth-order valence-corrected chi connectivity index (χ4v) is 1.97.